The number of imidazole rings is 1. The number of aromatic hydroxyl groups is 1. The van der Waals surface area contributed by atoms with E-state index >= 15 is 0 Å². The van der Waals surface area contributed by atoms with Gasteiger partial charge in [-0.05, 0) is 92.5 Å². The number of nitrogens with one attached hydrogen (secondary N) is 12. The number of aliphatic imine (C=N–C) groups is 1. The first kappa shape index (κ1) is 90.9. The van der Waals surface area contributed by atoms with Gasteiger partial charge in [-0.3, -0.25) is 67.3 Å². The van der Waals surface area contributed by atoms with E-state index in [0.717, 1.165) is 0 Å². The zero-order chi connectivity index (χ0) is 81.2. The van der Waals surface area contributed by atoms with Gasteiger partial charge in [-0.1, -0.05) is 90.4 Å². The number of nitrogens with two attached hydrogens (primary N) is 4. The standard InChI is InChI=1S/C70H107N19O19S/c1-7-38(6)56(67(105)85-50(33-91)61(99)81-46(29-41-31-75-35-77-41)60(98)87-55(37(4)5)66(104)79-44(69(107)108)18-13-25-76-70(73)74)88-64(102)52-19-14-26-89(52)68(106)48(28-39-15-9-8-10-16-39)83-62(100)49(32-90)84-57(95)43(17-11-12-24-71)78-59(97)47(30-53(93)94)82-58(96)45(27-40-20-22-42(92)23-21-40)80-63(101)51(34-109)86-65(103)54(72)36(2)3/h8-10,15-16,20-23,31,35-38,43-52,54-56,90-92,109H,7,11-14,17-19,24-30,32-34,71-72H2,1-6H3,(H,75,77)(H,78,97)(H,79,104)(H,80,101)(H,81,99)(H,82,96)(H,83,100)(H,84,95)(H,85,105)(H,86,103)(H,87,98)(H,88,102)(H,93,94)(H,107,108)(H4,73,74,76). The van der Waals surface area contributed by atoms with Crippen LogP contribution in [-0.2, 0) is 86.4 Å². The molecule has 1 aliphatic rings. The van der Waals surface area contributed by atoms with Crippen molar-refractivity contribution in [2.45, 2.75) is 197 Å². The molecule has 1 aliphatic heterocycles. The van der Waals surface area contributed by atoms with Gasteiger partial charge in [0.1, 0.15) is 78.3 Å². The highest BCUT2D eigenvalue weighted by atomic mass is 32.1. The summed E-state index contributed by atoms with van der Waals surface area (Å²) in [6.07, 6.45) is 1.70. The van der Waals surface area contributed by atoms with E-state index in [1.807, 2.05) is 0 Å². The molecule has 1 saturated heterocycles. The number of hydrogen-bond donors (Lipinski definition) is 22. The molecule has 602 valence electrons. The molecule has 14 atom stereocenters. The Kier molecular flexibility index (Phi) is 38.3. The number of carbonyl (C=O) groups is 14. The van der Waals surface area contributed by atoms with Crippen LogP contribution in [0.15, 0.2) is 72.1 Å². The Bertz CT molecular complexity index is 3570. The minimum Gasteiger partial charge on any atom is -0.508 e. The monoisotopic (exact) mass is 1550 g/mol. The molecular weight excluding hydrogens is 1440 g/mol. The number of aromatic nitrogens is 2. The average molecular weight is 1550 g/mol. The van der Waals surface area contributed by atoms with E-state index in [1.165, 1.54) is 41.7 Å². The highest BCUT2D eigenvalue weighted by Gasteiger charge is 2.42. The van der Waals surface area contributed by atoms with Crippen LogP contribution in [0, 0.1) is 17.8 Å². The van der Waals surface area contributed by atoms with Gasteiger partial charge < -0.3 is 117 Å². The number of aliphatic carboxylic acids is 2. The van der Waals surface area contributed by atoms with Crippen LogP contribution in [0.2, 0.25) is 0 Å². The second-order valence-corrected chi connectivity index (χ2v) is 27.5. The summed E-state index contributed by atoms with van der Waals surface area (Å²) in [7, 11) is 0. The fourth-order valence-electron chi connectivity index (χ4n) is 11.4. The Morgan fingerprint density at radius 2 is 1.07 bits per heavy atom. The van der Waals surface area contributed by atoms with E-state index in [9.17, 15) is 92.7 Å². The first-order valence-electron chi connectivity index (χ1n) is 35.9. The number of carbonyl (C=O) groups excluding carboxylic acids is 12. The highest BCUT2D eigenvalue weighted by Crippen LogP contribution is 2.22. The molecule has 12 amide bonds. The number of carboxylic acid groups (broad SMARTS) is 2. The van der Waals surface area contributed by atoms with Crippen LogP contribution in [0.1, 0.15) is 116 Å². The summed E-state index contributed by atoms with van der Waals surface area (Å²) in [6, 6.07) is -5.87. The van der Waals surface area contributed by atoms with Gasteiger partial charge in [0.05, 0.1) is 32.0 Å². The van der Waals surface area contributed by atoms with E-state index in [0.29, 0.717) is 23.2 Å². The van der Waals surface area contributed by atoms with Crippen LogP contribution in [0.25, 0.3) is 0 Å². The lowest BCUT2D eigenvalue weighted by Crippen LogP contribution is -2.62. The van der Waals surface area contributed by atoms with Crippen molar-refractivity contribution in [3.8, 4) is 5.75 Å². The summed E-state index contributed by atoms with van der Waals surface area (Å²) < 4.78 is 0. The summed E-state index contributed by atoms with van der Waals surface area (Å²) in [5.41, 5.74) is 23.7. The molecule has 2 heterocycles. The maximum Gasteiger partial charge on any atom is 0.326 e. The van der Waals surface area contributed by atoms with Gasteiger partial charge in [0, 0.05) is 50.0 Å². The Morgan fingerprint density at radius 3 is 1.62 bits per heavy atom. The number of likely N-dealkylation sites (tertiary alicyclic amines) is 1. The lowest BCUT2D eigenvalue weighted by molar-refractivity contribution is -0.143. The lowest BCUT2D eigenvalue weighted by atomic mass is 9.97. The molecule has 14 unspecified atom stereocenters. The molecule has 38 nitrogen and oxygen atoms in total. The molecule has 0 radical (unpaired) electrons. The second-order valence-electron chi connectivity index (χ2n) is 27.2. The number of aliphatic hydroxyl groups excluding tert-OH is 2. The van der Waals surface area contributed by atoms with Gasteiger partial charge in [-0.2, -0.15) is 12.6 Å². The Hall–Kier alpha value is -10.5. The van der Waals surface area contributed by atoms with Crippen LogP contribution >= 0.6 is 12.6 Å². The predicted molar refractivity (Wildman–Crippen MR) is 398 cm³/mol. The zero-order valence-corrected chi connectivity index (χ0v) is 62.8. The number of nitrogens with zero attached hydrogens (tertiary/aromatic N) is 3. The van der Waals surface area contributed by atoms with Gasteiger partial charge in [0.25, 0.3) is 0 Å². The van der Waals surface area contributed by atoms with Crippen LogP contribution in [0.3, 0.4) is 0 Å². The van der Waals surface area contributed by atoms with Gasteiger partial charge in [-0.15, -0.1) is 0 Å². The summed E-state index contributed by atoms with van der Waals surface area (Å²) in [6.45, 7) is 7.86. The topological polar surface area (TPSA) is 621 Å². The van der Waals surface area contributed by atoms with Gasteiger partial charge in [0.15, 0.2) is 5.96 Å². The molecule has 0 saturated carbocycles. The quantitative estimate of drug-likeness (QED) is 0.0109. The number of rotatable bonds is 47. The van der Waals surface area contributed by atoms with Crippen LogP contribution < -0.4 is 81.4 Å². The molecule has 0 bridgehead atoms. The minimum absolute atomic E-state index is 0.0444. The third-order valence-electron chi connectivity index (χ3n) is 18.0. The van der Waals surface area contributed by atoms with Crippen molar-refractivity contribution < 1.29 is 92.7 Å². The maximum absolute atomic E-state index is 15.0. The number of aromatic amines is 1. The molecule has 39 heteroatoms. The third-order valence-corrected chi connectivity index (χ3v) is 18.4. The van der Waals surface area contributed by atoms with Crippen molar-refractivity contribution in [1.82, 2.24) is 73.4 Å². The van der Waals surface area contributed by atoms with E-state index in [2.05, 4.69) is 86.1 Å². The number of aliphatic hydroxyl groups is 2. The molecule has 3 aromatic rings. The molecule has 109 heavy (non-hydrogen) atoms. The van der Waals surface area contributed by atoms with Crippen LogP contribution in [0.5, 0.6) is 5.75 Å². The SMILES string of the molecule is CCC(C)C(NC(=O)C1CCCN1C(=O)C(Cc1ccccc1)NC(=O)C(CO)NC(=O)C(CCCCN)NC(=O)C(CC(=O)O)NC(=O)C(Cc1ccc(O)cc1)NC(=O)C(CS)NC(=O)C(N)C(C)C)C(=O)NC(CO)C(=O)NC(Cc1cnc[nH]1)C(=O)NC(C(=O)NC(CCCN=C(N)N)C(=O)O)C(C)C. The highest BCUT2D eigenvalue weighted by molar-refractivity contribution is 7.80. The van der Waals surface area contributed by atoms with E-state index in [1.54, 1.807) is 71.9 Å². The van der Waals surface area contributed by atoms with Crippen LogP contribution in [-0.4, -0.2) is 246 Å². The number of amides is 12. The fraction of sp³-hybridized carbons (Fsp3) is 0.571. The number of thiol groups is 1. The average Bonchev–Trinajstić information content (AvgIpc) is 1.73. The van der Waals surface area contributed by atoms with E-state index < -0.39 is 193 Å². The minimum atomic E-state index is -1.95. The number of guanidine groups is 1. The number of carboxylic acids is 2. The number of hydrogen-bond acceptors (Lipinski definition) is 22. The molecule has 0 aliphatic carbocycles. The molecule has 1 fully saturated rings. The molecule has 1 aromatic heterocycles. The summed E-state index contributed by atoms with van der Waals surface area (Å²) in [5.74, 6) is -16.8. The number of H-pyrrole nitrogens is 1. The van der Waals surface area contributed by atoms with Crippen molar-refractivity contribution in [2.24, 2.45) is 45.7 Å². The first-order valence-corrected chi connectivity index (χ1v) is 36.5. The molecule has 4 rings (SSSR count). The lowest BCUT2D eigenvalue weighted by Gasteiger charge is -2.32. The van der Waals surface area contributed by atoms with E-state index in [-0.39, 0.29) is 107 Å². The van der Waals surface area contributed by atoms with Crippen LogP contribution in [0.4, 0.5) is 0 Å². The molecule has 0 spiro atoms. The number of unbranched alkanes of at least 4 members (excludes halogenated alkanes) is 1. The van der Waals surface area contributed by atoms with Crippen molar-refractivity contribution in [3.63, 3.8) is 0 Å². The Morgan fingerprint density at radius 1 is 0.578 bits per heavy atom. The van der Waals surface area contributed by atoms with E-state index in [4.69, 9.17) is 22.9 Å². The van der Waals surface area contributed by atoms with Gasteiger partial charge in [-0.25, -0.2) is 9.78 Å². The fourth-order valence-corrected chi connectivity index (χ4v) is 11.7. The van der Waals surface area contributed by atoms with Crippen molar-refractivity contribution in [3.05, 3.63) is 83.9 Å². The third kappa shape index (κ3) is 29.9. The number of phenolic OH excluding ortho intramolecular Hbond substituents is 1. The van der Waals surface area contributed by atoms with Gasteiger partial charge in [0.2, 0.25) is 70.9 Å². The molecule has 25 N–H and O–H groups in total. The largest absolute Gasteiger partial charge is 0.508 e. The Balaban J connectivity index is 1.55. The summed E-state index contributed by atoms with van der Waals surface area (Å²) in [5, 5.41) is 78.6. The summed E-state index contributed by atoms with van der Waals surface area (Å²) >= 11 is 4.20. The Labute approximate surface area is 635 Å². The second kappa shape index (κ2) is 46.0. The number of benzene rings is 2. The van der Waals surface area contributed by atoms with Crippen molar-refractivity contribution >= 4 is 101 Å². The first-order chi connectivity index (χ1) is 51.7. The normalized spacial score (nSPS) is 16.2. The summed E-state index contributed by atoms with van der Waals surface area (Å²) in [4.78, 5) is 206. The number of phenols is 1. The van der Waals surface area contributed by atoms with Crippen molar-refractivity contribution in [1.29, 1.82) is 0 Å². The predicted octanol–water partition coefficient (Wildman–Crippen LogP) is -5.19. The van der Waals surface area contributed by atoms with Gasteiger partial charge >= 0.3 is 11.9 Å². The smallest absolute Gasteiger partial charge is 0.326 e. The van der Waals surface area contributed by atoms with Crippen molar-refractivity contribution in [2.75, 3.05) is 38.6 Å². The molecular formula is C70H107N19O19S. The molecule has 2 aromatic carbocycles. The zero-order valence-electron chi connectivity index (χ0n) is 61.9. The maximum atomic E-state index is 15.0.